The highest BCUT2D eigenvalue weighted by Crippen LogP contribution is 2.32. The lowest BCUT2D eigenvalue weighted by Gasteiger charge is -2.05. The molecule has 14 heavy (non-hydrogen) atoms. The highest BCUT2D eigenvalue weighted by Gasteiger charge is 2.29. The van der Waals surface area contributed by atoms with Crippen LogP contribution in [-0.2, 0) is 6.18 Å². The van der Waals surface area contributed by atoms with Crippen molar-refractivity contribution in [3.8, 4) is 0 Å². The maximum Gasteiger partial charge on any atom is 0.416 e. The number of rotatable bonds is 1. The summed E-state index contributed by atoms with van der Waals surface area (Å²) in [5.74, 6) is 0. The topological polar surface area (TPSA) is 0 Å². The van der Waals surface area contributed by atoms with Crippen LogP contribution >= 0.6 is 0 Å². The summed E-state index contributed by atoms with van der Waals surface area (Å²) in [4.78, 5) is 0. The maximum absolute atomic E-state index is 12.2. The molecule has 0 radical (unpaired) electrons. The van der Waals surface area contributed by atoms with E-state index in [1.807, 2.05) is 6.08 Å². The molecule has 0 heterocycles. The van der Waals surface area contributed by atoms with Gasteiger partial charge in [0.15, 0.2) is 0 Å². The molecule has 2 rings (SSSR count). The fraction of sp³-hybridized carbons (Fsp3) is 0.273. The molecule has 3 heteroatoms. The number of hydrogen-bond acceptors (Lipinski definition) is 0. The van der Waals surface area contributed by atoms with Gasteiger partial charge in [-0.15, -0.1) is 0 Å². The Kier molecular flexibility index (Phi) is 2.10. The average molecular weight is 198 g/mol. The normalized spacial score (nSPS) is 15.5. The monoisotopic (exact) mass is 198 g/mol. The van der Waals surface area contributed by atoms with Gasteiger partial charge in [-0.3, -0.25) is 0 Å². The smallest absolute Gasteiger partial charge is 0.166 e. The Morgan fingerprint density at radius 2 is 1.57 bits per heavy atom. The Labute approximate surface area is 80.1 Å². The molecule has 0 saturated heterocycles. The first kappa shape index (κ1) is 9.31. The van der Waals surface area contributed by atoms with Crippen LogP contribution in [0.3, 0.4) is 0 Å². The zero-order valence-electron chi connectivity index (χ0n) is 7.43. The molecule has 1 aliphatic carbocycles. The molecule has 0 aromatic heterocycles. The summed E-state index contributed by atoms with van der Waals surface area (Å²) in [6, 6.07) is 5.26. The van der Waals surface area contributed by atoms with Gasteiger partial charge in [-0.2, -0.15) is 13.2 Å². The minimum Gasteiger partial charge on any atom is -0.166 e. The first-order valence-corrected chi connectivity index (χ1v) is 4.42. The molecule has 1 fully saturated rings. The molecule has 0 amide bonds. The summed E-state index contributed by atoms with van der Waals surface area (Å²) in [6.07, 6.45) is -0.118. The molecular weight excluding hydrogens is 189 g/mol. The van der Waals surface area contributed by atoms with Crippen LogP contribution in [0.5, 0.6) is 0 Å². The standard InChI is InChI=1S/C11H9F3/c12-11(13,14)10-5-3-9(4-6-10)7-8-1-2-8/h3-7H,1-2H2. The molecule has 0 nitrogen and oxygen atoms in total. The lowest BCUT2D eigenvalue weighted by Crippen LogP contribution is -2.03. The molecule has 0 unspecified atom stereocenters. The third kappa shape index (κ3) is 2.16. The molecule has 0 aliphatic heterocycles. The fourth-order valence-corrected chi connectivity index (χ4v) is 1.22. The number of benzene rings is 1. The molecular formula is C11H9F3. The molecule has 0 N–H and O–H groups in total. The summed E-state index contributed by atoms with van der Waals surface area (Å²) < 4.78 is 36.5. The van der Waals surface area contributed by atoms with E-state index in [1.165, 1.54) is 17.7 Å². The third-order valence-corrected chi connectivity index (χ3v) is 2.15. The van der Waals surface area contributed by atoms with Crippen LogP contribution in [0.1, 0.15) is 24.0 Å². The van der Waals surface area contributed by atoms with Crippen molar-refractivity contribution in [2.75, 3.05) is 0 Å². The summed E-state index contributed by atoms with van der Waals surface area (Å²) in [5.41, 5.74) is 1.57. The predicted octanol–water partition coefficient (Wildman–Crippen LogP) is 3.88. The molecule has 1 aromatic carbocycles. The molecule has 0 spiro atoms. The van der Waals surface area contributed by atoms with Gasteiger partial charge < -0.3 is 0 Å². The van der Waals surface area contributed by atoms with E-state index in [9.17, 15) is 13.2 Å². The van der Waals surface area contributed by atoms with E-state index in [2.05, 4.69) is 0 Å². The molecule has 1 saturated carbocycles. The Bertz CT molecular complexity index is 351. The van der Waals surface area contributed by atoms with Gasteiger partial charge in [0.05, 0.1) is 5.56 Å². The minimum absolute atomic E-state index is 0.588. The summed E-state index contributed by atoms with van der Waals surface area (Å²) in [6.45, 7) is 0. The van der Waals surface area contributed by atoms with Crippen LogP contribution in [0, 0.1) is 0 Å². The van der Waals surface area contributed by atoms with Crippen molar-refractivity contribution < 1.29 is 13.2 Å². The zero-order chi connectivity index (χ0) is 10.2. The van der Waals surface area contributed by atoms with Gasteiger partial charge in [0, 0.05) is 0 Å². The van der Waals surface area contributed by atoms with Gasteiger partial charge in [0.25, 0.3) is 0 Å². The van der Waals surface area contributed by atoms with Crippen molar-refractivity contribution in [3.63, 3.8) is 0 Å². The van der Waals surface area contributed by atoms with E-state index in [0.717, 1.165) is 30.5 Å². The maximum atomic E-state index is 12.2. The lowest BCUT2D eigenvalue weighted by atomic mass is 10.1. The summed E-state index contributed by atoms with van der Waals surface area (Å²) in [7, 11) is 0. The quantitative estimate of drug-likeness (QED) is 0.642. The van der Waals surface area contributed by atoms with Crippen LogP contribution < -0.4 is 0 Å². The minimum atomic E-state index is -4.23. The number of hydrogen-bond donors (Lipinski definition) is 0. The fourth-order valence-electron chi connectivity index (χ4n) is 1.22. The Hall–Kier alpha value is -1.25. The van der Waals surface area contributed by atoms with E-state index in [4.69, 9.17) is 0 Å². The van der Waals surface area contributed by atoms with Crippen LogP contribution in [-0.4, -0.2) is 0 Å². The van der Waals surface area contributed by atoms with Crippen molar-refractivity contribution in [2.24, 2.45) is 0 Å². The van der Waals surface area contributed by atoms with E-state index < -0.39 is 11.7 Å². The van der Waals surface area contributed by atoms with Crippen molar-refractivity contribution in [1.82, 2.24) is 0 Å². The summed E-state index contributed by atoms with van der Waals surface area (Å²) in [5, 5.41) is 0. The second-order valence-corrected chi connectivity index (χ2v) is 3.42. The zero-order valence-corrected chi connectivity index (χ0v) is 7.43. The molecule has 0 bridgehead atoms. The third-order valence-electron chi connectivity index (χ3n) is 2.15. The highest BCUT2D eigenvalue weighted by atomic mass is 19.4. The Balaban J connectivity index is 2.21. The van der Waals surface area contributed by atoms with Crippen molar-refractivity contribution in [1.29, 1.82) is 0 Å². The largest absolute Gasteiger partial charge is 0.416 e. The van der Waals surface area contributed by atoms with Crippen LogP contribution in [0.4, 0.5) is 13.2 Å². The number of allylic oxidation sites excluding steroid dienone is 1. The van der Waals surface area contributed by atoms with Gasteiger partial charge in [-0.1, -0.05) is 23.8 Å². The second-order valence-electron chi connectivity index (χ2n) is 3.42. The SMILES string of the molecule is FC(F)(F)c1ccc(C=C2CC2)cc1. The number of halogens is 3. The molecule has 74 valence electrons. The van der Waals surface area contributed by atoms with Gasteiger partial charge in [0.2, 0.25) is 0 Å². The molecule has 0 atom stereocenters. The predicted molar refractivity (Wildman–Crippen MR) is 48.7 cm³/mol. The Morgan fingerprint density at radius 1 is 1.00 bits per heavy atom. The first-order valence-electron chi connectivity index (χ1n) is 4.42. The lowest BCUT2D eigenvalue weighted by molar-refractivity contribution is -0.137. The molecule has 1 aliphatic rings. The molecule has 1 aromatic rings. The van der Waals surface area contributed by atoms with Gasteiger partial charge in [-0.25, -0.2) is 0 Å². The average Bonchev–Trinajstić information content (AvgIpc) is 2.88. The number of alkyl halides is 3. The van der Waals surface area contributed by atoms with E-state index in [0.29, 0.717) is 0 Å². The highest BCUT2D eigenvalue weighted by molar-refractivity contribution is 5.56. The van der Waals surface area contributed by atoms with Crippen LogP contribution in [0.2, 0.25) is 0 Å². The van der Waals surface area contributed by atoms with E-state index in [1.54, 1.807) is 0 Å². The second kappa shape index (κ2) is 3.15. The van der Waals surface area contributed by atoms with Gasteiger partial charge in [0.1, 0.15) is 0 Å². The van der Waals surface area contributed by atoms with Crippen molar-refractivity contribution in [2.45, 2.75) is 19.0 Å². The van der Waals surface area contributed by atoms with Gasteiger partial charge in [-0.05, 0) is 30.5 Å². The van der Waals surface area contributed by atoms with Crippen LogP contribution in [0.15, 0.2) is 29.8 Å². The van der Waals surface area contributed by atoms with Crippen molar-refractivity contribution >= 4 is 6.08 Å². The van der Waals surface area contributed by atoms with E-state index >= 15 is 0 Å². The van der Waals surface area contributed by atoms with Crippen LogP contribution in [0.25, 0.3) is 6.08 Å². The van der Waals surface area contributed by atoms with Gasteiger partial charge >= 0.3 is 6.18 Å². The van der Waals surface area contributed by atoms with Crippen molar-refractivity contribution in [3.05, 3.63) is 41.0 Å². The first-order chi connectivity index (χ1) is 6.55. The summed E-state index contributed by atoms with van der Waals surface area (Å²) >= 11 is 0. The van der Waals surface area contributed by atoms with E-state index in [-0.39, 0.29) is 0 Å². The Morgan fingerprint density at radius 3 is 2.00 bits per heavy atom.